The molecule has 11 nitrogen and oxygen atoms in total. The number of terminal acetylenes is 1. The number of carbonyl (C=O) groups excluding carboxylic acids is 1. The van der Waals surface area contributed by atoms with Gasteiger partial charge < -0.3 is 34.6 Å². The van der Waals surface area contributed by atoms with Crippen LogP contribution >= 0.6 is 0 Å². The maximum absolute atomic E-state index is 17.3. The van der Waals surface area contributed by atoms with E-state index in [1.165, 1.54) is 36.5 Å². The first-order valence-electron chi connectivity index (χ1n) is 17.9. The molecule has 3 N–H and O–H groups in total. The van der Waals surface area contributed by atoms with Crippen molar-refractivity contribution in [3.8, 4) is 35.2 Å². The number of fused-ring (bicyclic) bond motifs is 3. The Labute approximate surface area is 305 Å². The average Bonchev–Trinajstić information content (AvgIpc) is 3.96. The van der Waals surface area contributed by atoms with Crippen molar-refractivity contribution in [3.63, 3.8) is 0 Å². The lowest BCUT2D eigenvalue weighted by Gasteiger charge is -2.43. The Bertz CT molecular complexity index is 2180. The second-order valence-electron chi connectivity index (χ2n) is 14.7. The fourth-order valence-corrected chi connectivity index (χ4v) is 8.28. The maximum Gasteiger partial charge on any atom is 0.243 e. The molecule has 53 heavy (non-hydrogen) atoms. The third-order valence-electron chi connectivity index (χ3n) is 11.1. The van der Waals surface area contributed by atoms with Crippen LogP contribution in [0.5, 0.6) is 11.6 Å². The summed E-state index contributed by atoms with van der Waals surface area (Å²) < 4.78 is 50.5. The van der Waals surface area contributed by atoms with E-state index in [0.29, 0.717) is 41.8 Å². The van der Waals surface area contributed by atoms with Gasteiger partial charge in [0.25, 0.3) is 0 Å². The van der Waals surface area contributed by atoms with Crippen molar-refractivity contribution in [1.82, 2.24) is 20.2 Å². The summed E-state index contributed by atoms with van der Waals surface area (Å²) in [5.41, 5.74) is -1.09. The summed E-state index contributed by atoms with van der Waals surface area (Å²) in [7, 11) is 0. The monoisotopic (exact) mass is 725 g/mol. The van der Waals surface area contributed by atoms with Crippen LogP contribution in [0.25, 0.3) is 32.9 Å². The number of phenols is 1. The Morgan fingerprint density at radius 1 is 1.19 bits per heavy atom. The second kappa shape index (κ2) is 13.5. The highest BCUT2D eigenvalue weighted by Crippen LogP contribution is 2.57. The van der Waals surface area contributed by atoms with Crippen LogP contribution in [-0.2, 0) is 19.9 Å². The Morgan fingerprint density at radius 2 is 1.96 bits per heavy atom. The highest BCUT2D eigenvalue weighted by molar-refractivity contribution is 6.03. The van der Waals surface area contributed by atoms with Gasteiger partial charge in [-0.2, -0.15) is 0 Å². The van der Waals surface area contributed by atoms with Gasteiger partial charge in [-0.25, -0.2) is 13.8 Å². The molecule has 8 rings (SSSR count). The van der Waals surface area contributed by atoms with E-state index in [2.05, 4.69) is 27.7 Å². The minimum atomic E-state index is -1.45. The number of phenolic OH excluding ortho intramolecular Hbond substituents is 1. The van der Waals surface area contributed by atoms with E-state index in [9.17, 15) is 15.0 Å². The van der Waals surface area contributed by atoms with E-state index in [1.54, 1.807) is 6.92 Å². The molecule has 0 unspecified atom stereocenters. The van der Waals surface area contributed by atoms with Crippen molar-refractivity contribution < 1.29 is 38.0 Å². The van der Waals surface area contributed by atoms with Gasteiger partial charge in [0.05, 0.1) is 54.9 Å². The van der Waals surface area contributed by atoms with Gasteiger partial charge >= 0.3 is 0 Å². The third kappa shape index (κ3) is 6.33. The molecule has 4 aromatic rings. The quantitative estimate of drug-likeness (QED) is 0.186. The van der Waals surface area contributed by atoms with E-state index in [4.69, 9.17) is 25.6 Å². The average molecular weight is 726 g/mol. The van der Waals surface area contributed by atoms with Gasteiger partial charge in [0.1, 0.15) is 28.9 Å². The predicted molar refractivity (Wildman–Crippen MR) is 195 cm³/mol. The lowest BCUT2D eigenvalue weighted by molar-refractivity contribution is -0.117. The topological polar surface area (TPSA) is 130 Å². The molecule has 4 aliphatic rings. The predicted octanol–water partition coefficient (Wildman–Crippen LogP) is 4.39. The first-order valence-corrected chi connectivity index (χ1v) is 17.9. The first kappa shape index (κ1) is 35.2. The normalized spacial score (nSPS) is 24.2. The SMILES string of the molecule is C#Cc1c(F)ccc2cc(O)cc(-c3ncc4c(N5CCOC[C@@H](NC(=O)C=C)C5)c5c(nc4c3F)O[C@@H](C3(CN4CCOCC4)CC3)C[C@]5(C)O)c12. The van der Waals surface area contributed by atoms with Crippen LogP contribution in [0.1, 0.15) is 37.3 Å². The standard InChI is InChI=1S/C40H41F2N5O6/c1-4-26-29(41)7-6-23-16-25(48)17-27(32(23)26)35-34(42)36-28(19-43-35)37(47-12-15-52-21-24(20-47)44-31(49)5-2)33-38(45-36)53-30(18-39(33,3)50)40(8-9-40)22-46-10-13-51-14-11-46/h1,5-7,16-17,19,24,30,48,50H,2,8-15,18,20-22H2,3H3,(H,44,49)/t24-,30+,39-/m0/s1. The summed E-state index contributed by atoms with van der Waals surface area (Å²) in [4.78, 5) is 26.0. The van der Waals surface area contributed by atoms with Crippen molar-refractivity contribution >= 4 is 33.3 Å². The molecule has 0 radical (unpaired) electrons. The van der Waals surface area contributed by atoms with Crippen LogP contribution in [0.3, 0.4) is 0 Å². The summed E-state index contributed by atoms with van der Waals surface area (Å²) in [6, 6.07) is 4.93. The van der Waals surface area contributed by atoms with Crippen molar-refractivity contribution in [2.24, 2.45) is 5.41 Å². The number of carbonyl (C=O) groups is 1. The number of hydrogen-bond acceptors (Lipinski definition) is 10. The summed E-state index contributed by atoms with van der Waals surface area (Å²) >= 11 is 0. The molecular formula is C40H41F2N5O6. The molecule has 276 valence electrons. The number of rotatable bonds is 7. The van der Waals surface area contributed by atoms with Crippen LogP contribution in [-0.4, -0.2) is 102 Å². The van der Waals surface area contributed by atoms with Crippen LogP contribution in [0, 0.1) is 29.4 Å². The molecule has 0 bridgehead atoms. The number of benzene rings is 2. The molecule has 3 aliphatic heterocycles. The van der Waals surface area contributed by atoms with Crippen molar-refractivity contribution in [1.29, 1.82) is 0 Å². The van der Waals surface area contributed by atoms with Crippen molar-refractivity contribution in [2.45, 2.75) is 43.9 Å². The smallest absolute Gasteiger partial charge is 0.243 e. The molecule has 1 saturated carbocycles. The molecular weight excluding hydrogens is 684 g/mol. The minimum absolute atomic E-state index is 0.0905. The molecule has 2 aromatic heterocycles. The Morgan fingerprint density at radius 3 is 2.70 bits per heavy atom. The lowest BCUT2D eigenvalue weighted by atomic mass is 9.80. The zero-order valence-electron chi connectivity index (χ0n) is 29.5. The van der Waals surface area contributed by atoms with E-state index in [1.807, 2.05) is 4.90 Å². The highest BCUT2D eigenvalue weighted by atomic mass is 19.1. The van der Waals surface area contributed by atoms with Gasteiger partial charge in [-0.05, 0) is 49.4 Å². The number of nitrogens with zero attached hydrogens (tertiary/aromatic N) is 4. The van der Waals surface area contributed by atoms with Crippen LogP contribution in [0.4, 0.5) is 14.5 Å². The zero-order chi connectivity index (χ0) is 37.1. The second-order valence-corrected chi connectivity index (χ2v) is 14.7. The number of hydrogen-bond donors (Lipinski definition) is 3. The van der Waals surface area contributed by atoms with E-state index < -0.39 is 29.4 Å². The number of anilines is 1. The number of ether oxygens (including phenoxy) is 3. The Kier molecular flexibility index (Phi) is 8.97. The van der Waals surface area contributed by atoms with Crippen LogP contribution in [0.2, 0.25) is 0 Å². The van der Waals surface area contributed by atoms with E-state index in [0.717, 1.165) is 32.5 Å². The molecule has 5 heterocycles. The summed E-state index contributed by atoms with van der Waals surface area (Å²) in [5.74, 6) is 0.416. The molecule has 3 fully saturated rings. The summed E-state index contributed by atoms with van der Waals surface area (Å²) in [6.07, 6.45) is 10.1. The first-order chi connectivity index (χ1) is 25.5. The fourth-order valence-electron chi connectivity index (χ4n) is 8.28. The number of aliphatic hydroxyl groups is 1. The van der Waals surface area contributed by atoms with E-state index in [-0.39, 0.29) is 76.9 Å². The minimum Gasteiger partial charge on any atom is -0.508 e. The largest absolute Gasteiger partial charge is 0.508 e. The van der Waals surface area contributed by atoms with Gasteiger partial charge in [0.2, 0.25) is 11.8 Å². The Balaban J connectivity index is 1.32. The molecule has 13 heteroatoms. The summed E-state index contributed by atoms with van der Waals surface area (Å²) in [6.45, 7) is 10.1. The van der Waals surface area contributed by atoms with Gasteiger partial charge in [-0.15, -0.1) is 6.42 Å². The molecule has 3 atom stereocenters. The van der Waals surface area contributed by atoms with Gasteiger partial charge in [0, 0.05) is 67.1 Å². The van der Waals surface area contributed by atoms with Crippen LogP contribution < -0.4 is 15.0 Å². The molecule has 1 aliphatic carbocycles. The fraction of sp³-hybridized carbons (Fsp3) is 0.425. The molecule has 2 saturated heterocycles. The molecule has 2 aromatic carbocycles. The van der Waals surface area contributed by atoms with Crippen LogP contribution in [0.15, 0.2) is 43.1 Å². The van der Waals surface area contributed by atoms with Crippen molar-refractivity contribution in [3.05, 3.63) is 65.9 Å². The van der Waals surface area contributed by atoms with Crippen molar-refractivity contribution in [2.75, 3.05) is 64.1 Å². The van der Waals surface area contributed by atoms with Gasteiger partial charge in [0.15, 0.2) is 5.82 Å². The van der Waals surface area contributed by atoms with Gasteiger partial charge in [-0.1, -0.05) is 18.6 Å². The van der Waals surface area contributed by atoms with Gasteiger partial charge in [-0.3, -0.25) is 14.7 Å². The number of aromatic hydroxyl groups is 1. The highest BCUT2D eigenvalue weighted by Gasteiger charge is 2.56. The number of pyridine rings is 2. The number of amides is 1. The number of aromatic nitrogens is 2. The lowest BCUT2D eigenvalue weighted by Crippen LogP contribution is -2.49. The Hall–Kier alpha value is -4.87. The zero-order valence-corrected chi connectivity index (χ0v) is 29.5. The number of halogens is 2. The number of nitrogens with one attached hydrogen (secondary N) is 1. The molecule has 0 spiro atoms. The third-order valence-corrected chi connectivity index (χ3v) is 11.1. The number of morpholine rings is 1. The maximum atomic E-state index is 17.3. The summed E-state index contributed by atoms with van der Waals surface area (Å²) in [5, 5.41) is 26.9. The van der Waals surface area contributed by atoms with E-state index >= 15 is 8.78 Å². The molecule has 1 amide bonds.